The molecule has 6 nitrogen and oxygen atoms in total. The summed E-state index contributed by atoms with van der Waals surface area (Å²) in [6.07, 6.45) is 1.67. The lowest BCUT2D eigenvalue weighted by molar-refractivity contribution is 0.553. The molecule has 6 N–H and O–H groups in total. The normalized spacial score (nSPS) is 20.4. The van der Waals surface area contributed by atoms with Crippen LogP contribution < -0.4 is 16.8 Å². The fourth-order valence-electron chi connectivity index (χ4n) is 2.88. The van der Waals surface area contributed by atoms with Gasteiger partial charge in [0.25, 0.3) is 0 Å². The highest BCUT2D eigenvalue weighted by molar-refractivity contribution is 6.03. The van der Waals surface area contributed by atoms with Gasteiger partial charge in [-0.05, 0) is 29.8 Å². The Hall–Kier alpha value is -3.12. The highest BCUT2D eigenvalue weighted by Gasteiger charge is 2.31. The van der Waals surface area contributed by atoms with Gasteiger partial charge in [0, 0.05) is 17.3 Å². The third-order valence-corrected chi connectivity index (χ3v) is 4.07. The van der Waals surface area contributed by atoms with Gasteiger partial charge in [0.1, 0.15) is 17.4 Å². The van der Waals surface area contributed by atoms with Gasteiger partial charge < -0.3 is 11.1 Å². The van der Waals surface area contributed by atoms with E-state index in [1.807, 2.05) is 31.2 Å². The molecule has 1 aliphatic rings. The minimum Gasteiger partial charge on any atom is -0.385 e. The number of H-pyrrole nitrogens is 1. The largest absolute Gasteiger partial charge is 0.385 e. The average molecular weight is 318 g/mol. The number of aromatic amines is 1. The number of nitrogens with one attached hydrogen (secondary N) is 2. The van der Waals surface area contributed by atoms with E-state index in [0.717, 1.165) is 16.6 Å². The molecule has 0 radical (unpaired) electrons. The standard InChI is InChI=1S/C18H18N6/c1-11-8-15(24-23-11)18(20)10-16(19)21-17(22-18)14-7-6-12-4-2-3-5-13(12)9-14/h2-10H,19-20H2,1H3,(H,21,22)(H,23,24). The van der Waals surface area contributed by atoms with Crippen LogP contribution in [0.25, 0.3) is 10.8 Å². The van der Waals surface area contributed by atoms with Crippen molar-refractivity contribution < 1.29 is 0 Å². The summed E-state index contributed by atoms with van der Waals surface area (Å²) in [6.45, 7) is 1.92. The van der Waals surface area contributed by atoms with E-state index in [4.69, 9.17) is 11.5 Å². The van der Waals surface area contributed by atoms with Crippen LogP contribution in [0.3, 0.4) is 0 Å². The predicted molar refractivity (Wildman–Crippen MR) is 95.1 cm³/mol. The smallest absolute Gasteiger partial charge is 0.177 e. The molecule has 1 atom stereocenters. The Balaban J connectivity index is 1.81. The number of nitrogens with two attached hydrogens (primary N) is 2. The zero-order valence-corrected chi connectivity index (χ0v) is 13.2. The predicted octanol–water partition coefficient (Wildman–Crippen LogP) is 1.83. The van der Waals surface area contributed by atoms with Crippen LogP contribution in [0.1, 0.15) is 17.0 Å². The Kier molecular flexibility index (Phi) is 3.14. The van der Waals surface area contributed by atoms with Gasteiger partial charge in [-0.3, -0.25) is 10.8 Å². The number of aliphatic imine (C=N–C) groups is 1. The Morgan fingerprint density at radius 1 is 1.04 bits per heavy atom. The number of benzene rings is 2. The summed E-state index contributed by atoms with van der Waals surface area (Å²) in [4.78, 5) is 4.67. The Labute approximate surface area is 139 Å². The van der Waals surface area contributed by atoms with Gasteiger partial charge in [0.05, 0.1) is 0 Å². The average Bonchev–Trinajstić information content (AvgIpc) is 3.01. The second-order valence-electron chi connectivity index (χ2n) is 6.01. The molecule has 0 spiro atoms. The van der Waals surface area contributed by atoms with Crippen molar-refractivity contribution in [1.82, 2.24) is 15.5 Å². The molecule has 2 aromatic carbocycles. The Bertz CT molecular complexity index is 984. The van der Waals surface area contributed by atoms with Crippen LogP contribution in [0.5, 0.6) is 0 Å². The summed E-state index contributed by atoms with van der Waals surface area (Å²) in [6, 6.07) is 16.2. The van der Waals surface area contributed by atoms with Gasteiger partial charge in [0.15, 0.2) is 5.66 Å². The molecule has 3 aromatic rings. The molecule has 1 unspecified atom stereocenters. The van der Waals surface area contributed by atoms with Gasteiger partial charge in [-0.15, -0.1) is 0 Å². The quantitative estimate of drug-likeness (QED) is 0.578. The molecule has 0 fully saturated rings. The van der Waals surface area contributed by atoms with Crippen molar-refractivity contribution in [3.05, 3.63) is 77.4 Å². The van der Waals surface area contributed by atoms with Crippen molar-refractivity contribution in [2.45, 2.75) is 12.6 Å². The summed E-state index contributed by atoms with van der Waals surface area (Å²) >= 11 is 0. The van der Waals surface area contributed by atoms with E-state index in [1.54, 1.807) is 6.08 Å². The van der Waals surface area contributed by atoms with Crippen LogP contribution in [-0.2, 0) is 5.66 Å². The number of hydrogen-bond acceptors (Lipinski definition) is 5. The van der Waals surface area contributed by atoms with Crippen LogP contribution in [0, 0.1) is 6.92 Å². The van der Waals surface area contributed by atoms with Gasteiger partial charge in [-0.2, -0.15) is 5.10 Å². The van der Waals surface area contributed by atoms with Crippen LogP contribution >= 0.6 is 0 Å². The van der Waals surface area contributed by atoms with Crippen LogP contribution in [-0.4, -0.2) is 16.0 Å². The van der Waals surface area contributed by atoms with Crippen molar-refractivity contribution in [2.75, 3.05) is 0 Å². The first-order valence-electron chi connectivity index (χ1n) is 7.69. The molecular weight excluding hydrogens is 300 g/mol. The SMILES string of the molecule is Cc1cc(C2(N)C=C(N)NC(c3ccc4ccccc4c3)=N2)n[nH]1. The monoisotopic (exact) mass is 318 g/mol. The van der Waals surface area contributed by atoms with Crippen LogP contribution in [0.4, 0.5) is 0 Å². The summed E-state index contributed by atoms with van der Waals surface area (Å²) in [5, 5.41) is 12.5. The second-order valence-corrected chi connectivity index (χ2v) is 6.01. The van der Waals surface area contributed by atoms with E-state index in [1.165, 1.54) is 5.39 Å². The van der Waals surface area contributed by atoms with Gasteiger partial charge in [0.2, 0.25) is 0 Å². The fourth-order valence-corrected chi connectivity index (χ4v) is 2.88. The number of nitrogens with zero attached hydrogens (tertiary/aromatic N) is 2. The number of aromatic nitrogens is 2. The number of rotatable bonds is 2. The molecular formula is C18H18N6. The van der Waals surface area contributed by atoms with E-state index in [9.17, 15) is 0 Å². The topological polar surface area (TPSA) is 105 Å². The molecule has 1 aliphatic heterocycles. The summed E-state index contributed by atoms with van der Waals surface area (Å²) in [7, 11) is 0. The maximum atomic E-state index is 6.46. The van der Waals surface area contributed by atoms with E-state index in [0.29, 0.717) is 17.4 Å². The molecule has 0 aliphatic carbocycles. The zero-order chi connectivity index (χ0) is 16.7. The number of amidine groups is 1. The third kappa shape index (κ3) is 2.43. The lowest BCUT2D eigenvalue weighted by Gasteiger charge is -2.27. The third-order valence-electron chi connectivity index (χ3n) is 4.07. The minimum atomic E-state index is -1.10. The van der Waals surface area contributed by atoms with Gasteiger partial charge >= 0.3 is 0 Å². The highest BCUT2D eigenvalue weighted by Crippen LogP contribution is 2.25. The molecule has 0 bridgehead atoms. The molecule has 0 amide bonds. The number of hydrogen-bond donors (Lipinski definition) is 4. The van der Waals surface area contributed by atoms with Crippen molar-refractivity contribution in [3.8, 4) is 0 Å². The lowest BCUT2D eigenvalue weighted by atomic mass is 10.0. The number of aryl methyl sites for hydroxylation is 1. The molecule has 2 heterocycles. The van der Waals surface area contributed by atoms with Crippen molar-refractivity contribution >= 4 is 16.6 Å². The van der Waals surface area contributed by atoms with Crippen molar-refractivity contribution in [1.29, 1.82) is 0 Å². The van der Waals surface area contributed by atoms with Gasteiger partial charge in [-0.25, -0.2) is 4.99 Å². The molecule has 6 heteroatoms. The van der Waals surface area contributed by atoms with Crippen LogP contribution in [0.15, 0.2) is 65.4 Å². The molecule has 0 saturated heterocycles. The van der Waals surface area contributed by atoms with Crippen molar-refractivity contribution in [3.63, 3.8) is 0 Å². The zero-order valence-electron chi connectivity index (χ0n) is 13.2. The summed E-state index contributed by atoms with van der Waals surface area (Å²) in [5.74, 6) is 1.08. The molecule has 0 saturated carbocycles. The first-order chi connectivity index (χ1) is 11.5. The first-order valence-corrected chi connectivity index (χ1v) is 7.69. The van der Waals surface area contributed by atoms with Crippen molar-refractivity contribution in [2.24, 2.45) is 16.5 Å². The van der Waals surface area contributed by atoms with Gasteiger partial charge in [-0.1, -0.05) is 36.4 Å². The second kappa shape index (κ2) is 5.21. The lowest BCUT2D eigenvalue weighted by Crippen LogP contribution is -2.44. The maximum absolute atomic E-state index is 6.46. The minimum absolute atomic E-state index is 0.455. The van der Waals surface area contributed by atoms with E-state index in [-0.39, 0.29) is 0 Å². The Morgan fingerprint density at radius 3 is 2.58 bits per heavy atom. The maximum Gasteiger partial charge on any atom is 0.177 e. The summed E-state index contributed by atoms with van der Waals surface area (Å²) < 4.78 is 0. The van der Waals surface area contributed by atoms with E-state index < -0.39 is 5.66 Å². The van der Waals surface area contributed by atoms with E-state index in [2.05, 4.69) is 44.8 Å². The molecule has 24 heavy (non-hydrogen) atoms. The molecule has 4 rings (SSSR count). The first kappa shape index (κ1) is 14.5. The molecule has 1 aromatic heterocycles. The fraction of sp³-hybridized carbons (Fsp3) is 0.111. The van der Waals surface area contributed by atoms with E-state index >= 15 is 0 Å². The molecule has 120 valence electrons. The number of fused-ring (bicyclic) bond motifs is 1. The highest BCUT2D eigenvalue weighted by atomic mass is 15.2. The van der Waals surface area contributed by atoms with Crippen LogP contribution in [0.2, 0.25) is 0 Å². The summed E-state index contributed by atoms with van der Waals surface area (Å²) in [5.41, 5.74) is 13.9. The Morgan fingerprint density at radius 2 is 1.83 bits per heavy atom.